The number of hydrogen-bond donors (Lipinski definition) is 1. The van der Waals surface area contributed by atoms with E-state index >= 15 is 0 Å². The second kappa shape index (κ2) is 5.60. The lowest BCUT2D eigenvalue weighted by Crippen LogP contribution is -2.50. The van der Waals surface area contributed by atoms with Gasteiger partial charge in [0.2, 0.25) is 0 Å². The minimum absolute atomic E-state index is 0.0526. The SMILES string of the molecule is CC(CCCC(=O)O)N1C(=O)COCC1=O. The van der Waals surface area contributed by atoms with E-state index in [4.69, 9.17) is 9.84 Å². The van der Waals surface area contributed by atoms with Gasteiger partial charge in [-0.15, -0.1) is 0 Å². The number of nitrogens with zero attached hydrogens (tertiary/aromatic N) is 1. The fraction of sp³-hybridized carbons (Fsp3) is 0.700. The molecule has 1 heterocycles. The highest BCUT2D eigenvalue weighted by atomic mass is 16.5. The minimum atomic E-state index is -0.869. The molecule has 6 nitrogen and oxygen atoms in total. The molecule has 1 saturated heterocycles. The van der Waals surface area contributed by atoms with E-state index in [9.17, 15) is 14.4 Å². The molecule has 1 atom stereocenters. The first kappa shape index (κ1) is 12.6. The Labute approximate surface area is 93.2 Å². The van der Waals surface area contributed by atoms with E-state index in [0.29, 0.717) is 12.8 Å². The second-order valence-corrected chi connectivity index (χ2v) is 3.79. The number of rotatable bonds is 5. The molecule has 0 spiro atoms. The van der Waals surface area contributed by atoms with Gasteiger partial charge in [-0.25, -0.2) is 0 Å². The average Bonchev–Trinajstić information content (AvgIpc) is 2.16. The van der Waals surface area contributed by atoms with Gasteiger partial charge in [0.15, 0.2) is 0 Å². The third kappa shape index (κ3) is 3.30. The van der Waals surface area contributed by atoms with E-state index in [1.54, 1.807) is 6.92 Å². The third-order valence-corrected chi connectivity index (χ3v) is 2.44. The van der Waals surface area contributed by atoms with Crippen molar-refractivity contribution < 1.29 is 24.2 Å². The van der Waals surface area contributed by atoms with Crippen LogP contribution in [-0.2, 0) is 19.1 Å². The van der Waals surface area contributed by atoms with Crippen molar-refractivity contribution in [2.24, 2.45) is 0 Å². The standard InChI is InChI=1S/C10H15NO5/c1-7(3-2-4-10(14)15)11-8(12)5-16-6-9(11)13/h7H,2-6H2,1H3,(H,14,15). The number of amides is 2. The molecule has 0 aromatic heterocycles. The van der Waals surface area contributed by atoms with Crippen LogP contribution in [0.3, 0.4) is 0 Å². The Kier molecular flexibility index (Phi) is 4.42. The number of aliphatic carboxylic acids is 1. The van der Waals surface area contributed by atoms with Crippen molar-refractivity contribution in [3.05, 3.63) is 0 Å². The average molecular weight is 229 g/mol. The van der Waals surface area contributed by atoms with Crippen LogP contribution in [0.25, 0.3) is 0 Å². The van der Waals surface area contributed by atoms with Gasteiger partial charge >= 0.3 is 5.97 Å². The molecule has 90 valence electrons. The summed E-state index contributed by atoms with van der Waals surface area (Å²) in [6.07, 6.45) is 1.01. The predicted molar refractivity (Wildman–Crippen MR) is 53.6 cm³/mol. The van der Waals surface area contributed by atoms with Gasteiger partial charge in [0.05, 0.1) is 0 Å². The number of carboxylic acid groups (broad SMARTS) is 1. The summed E-state index contributed by atoms with van der Waals surface area (Å²) >= 11 is 0. The number of morpholine rings is 1. The van der Waals surface area contributed by atoms with Crippen LogP contribution < -0.4 is 0 Å². The van der Waals surface area contributed by atoms with Crippen LogP contribution in [0.15, 0.2) is 0 Å². The number of hydrogen-bond acceptors (Lipinski definition) is 4. The highest BCUT2D eigenvalue weighted by molar-refractivity contribution is 5.98. The van der Waals surface area contributed by atoms with Crippen molar-refractivity contribution in [1.29, 1.82) is 0 Å². The zero-order valence-corrected chi connectivity index (χ0v) is 9.14. The zero-order chi connectivity index (χ0) is 12.1. The smallest absolute Gasteiger partial charge is 0.303 e. The van der Waals surface area contributed by atoms with Gasteiger partial charge in [0.25, 0.3) is 11.8 Å². The van der Waals surface area contributed by atoms with E-state index in [-0.39, 0.29) is 37.5 Å². The van der Waals surface area contributed by atoms with E-state index in [0.717, 1.165) is 0 Å². The Morgan fingerprint density at radius 3 is 2.50 bits per heavy atom. The highest BCUT2D eigenvalue weighted by Gasteiger charge is 2.30. The molecule has 0 saturated carbocycles. The van der Waals surface area contributed by atoms with Gasteiger partial charge in [-0.1, -0.05) is 0 Å². The summed E-state index contributed by atoms with van der Waals surface area (Å²) in [4.78, 5) is 34.3. The van der Waals surface area contributed by atoms with Gasteiger partial charge in [-0.2, -0.15) is 0 Å². The molecule has 0 radical (unpaired) electrons. The van der Waals surface area contributed by atoms with E-state index in [1.807, 2.05) is 0 Å². The van der Waals surface area contributed by atoms with Crippen molar-refractivity contribution in [2.45, 2.75) is 32.2 Å². The van der Waals surface area contributed by atoms with E-state index < -0.39 is 5.97 Å². The van der Waals surface area contributed by atoms with Crippen molar-refractivity contribution >= 4 is 17.8 Å². The topological polar surface area (TPSA) is 83.9 Å². The Morgan fingerprint density at radius 1 is 1.44 bits per heavy atom. The fourth-order valence-corrected chi connectivity index (χ4v) is 1.67. The van der Waals surface area contributed by atoms with Gasteiger partial charge in [-0.05, 0) is 19.8 Å². The third-order valence-electron chi connectivity index (χ3n) is 2.44. The van der Waals surface area contributed by atoms with Crippen molar-refractivity contribution in [1.82, 2.24) is 4.90 Å². The summed E-state index contributed by atoms with van der Waals surface area (Å²) in [5.74, 6) is -1.56. The molecule has 1 aliphatic rings. The molecule has 1 aliphatic heterocycles. The van der Waals surface area contributed by atoms with Gasteiger partial charge in [0, 0.05) is 12.5 Å². The normalized spacial score (nSPS) is 18.7. The largest absolute Gasteiger partial charge is 0.481 e. The molecule has 0 aromatic rings. The summed E-state index contributed by atoms with van der Waals surface area (Å²) < 4.78 is 4.78. The van der Waals surface area contributed by atoms with Crippen LogP contribution in [0.1, 0.15) is 26.2 Å². The zero-order valence-electron chi connectivity index (χ0n) is 9.14. The molecular formula is C10H15NO5. The number of carbonyl (C=O) groups excluding carboxylic acids is 2. The highest BCUT2D eigenvalue weighted by Crippen LogP contribution is 2.12. The summed E-state index contributed by atoms with van der Waals surface area (Å²) in [6.45, 7) is 1.59. The lowest BCUT2D eigenvalue weighted by molar-refractivity contribution is -0.161. The first-order valence-electron chi connectivity index (χ1n) is 5.17. The van der Waals surface area contributed by atoms with Gasteiger partial charge < -0.3 is 9.84 Å². The Balaban J connectivity index is 2.44. The lowest BCUT2D eigenvalue weighted by Gasteiger charge is -2.30. The summed E-state index contributed by atoms with van der Waals surface area (Å²) in [6, 6.07) is -0.261. The molecule has 1 fully saturated rings. The quantitative estimate of drug-likeness (QED) is 0.671. The molecule has 0 bridgehead atoms. The van der Waals surface area contributed by atoms with Crippen LogP contribution in [0.4, 0.5) is 0 Å². The monoisotopic (exact) mass is 229 g/mol. The second-order valence-electron chi connectivity index (χ2n) is 3.79. The van der Waals surface area contributed by atoms with Crippen molar-refractivity contribution in [3.63, 3.8) is 0 Å². The van der Waals surface area contributed by atoms with E-state index in [2.05, 4.69) is 0 Å². The molecule has 1 unspecified atom stereocenters. The van der Waals surface area contributed by atoms with Gasteiger partial charge in [0.1, 0.15) is 13.2 Å². The first-order chi connectivity index (χ1) is 7.52. The maximum atomic E-state index is 11.4. The van der Waals surface area contributed by atoms with Gasteiger partial charge in [-0.3, -0.25) is 19.3 Å². The molecular weight excluding hydrogens is 214 g/mol. The van der Waals surface area contributed by atoms with Crippen molar-refractivity contribution in [3.8, 4) is 0 Å². The maximum absolute atomic E-state index is 11.4. The Morgan fingerprint density at radius 2 is 2.00 bits per heavy atom. The molecule has 16 heavy (non-hydrogen) atoms. The Bertz CT molecular complexity index is 286. The van der Waals surface area contributed by atoms with Crippen LogP contribution >= 0.6 is 0 Å². The first-order valence-corrected chi connectivity index (χ1v) is 5.17. The number of ether oxygens (including phenoxy) is 1. The summed E-state index contributed by atoms with van der Waals surface area (Å²) in [5.41, 5.74) is 0. The molecule has 0 aliphatic carbocycles. The molecule has 1 rings (SSSR count). The predicted octanol–water partition coefficient (Wildman–Crippen LogP) is 0.0152. The fourth-order valence-electron chi connectivity index (χ4n) is 1.67. The number of imide groups is 1. The Hall–Kier alpha value is -1.43. The van der Waals surface area contributed by atoms with Crippen LogP contribution in [0.5, 0.6) is 0 Å². The summed E-state index contributed by atoms with van der Waals surface area (Å²) in [5, 5.41) is 8.47. The number of carbonyl (C=O) groups is 3. The number of carboxylic acids is 1. The molecule has 0 aromatic carbocycles. The summed E-state index contributed by atoms with van der Waals surface area (Å²) in [7, 11) is 0. The van der Waals surface area contributed by atoms with Crippen LogP contribution in [0, 0.1) is 0 Å². The lowest BCUT2D eigenvalue weighted by atomic mass is 10.1. The molecule has 2 amide bonds. The molecule has 6 heteroatoms. The minimum Gasteiger partial charge on any atom is -0.481 e. The van der Waals surface area contributed by atoms with Crippen molar-refractivity contribution in [2.75, 3.05) is 13.2 Å². The maximum Gasteiger partial charge on any atom is 0.303 e. The van der Waals surface area contributed by atoms with Crippen LogP contribution in [-0.4, -0.2) is 47.0 Å². The molecule has 1 N–H and O–H groups in total. The van der Waals surface area contributed by atoms with E-state index in [1.165, 1.54) is 4.90 Å². The van der Waals surface area contributed by atoms with Crippen LogP contribution in [0.2, 0.25) is 0 Å².